The summed E-state index contributed by atoms with van der Waals surface area (Å²) >= 11 is 0. The Hall–Kier alpha value is -2.88. The minimum atomic E-state index is -0.326. The third-order valence-corrected chi connectivity index (χ3v) is 3.63. The first-order chi connectivity index (χ1) is 10.3. The van der Waals surface area contributed by atoms with Crippen molar-refractivity contribution in [1.29, 1.82) is 0 Å². The van der Waals surface area contributed by atoms with Crippen molar-refractivity contribution < 1.29 is 4.42 Å². The van der Waals surface area contributed by atoms with Gasteiger partial charge in [0, 0.05) is 30.4 Å². The summed E-state index contributed by atoms with van der Waals surface area (Å²) in [6.45, 7) is 0.593. The molecule has 0 amide bonds. The van der Waals surface area contributed by atoms with Crippen molar-refractivity contribution in [2.75, 3.05) is 0 Å². The second-order valence-corrected chi connectivity index (χ2v) is 4.99. The van der Waals surface area contributed by atoms with Crippen LogP contribution in [0.3, 0.4) is 0 Å². The van der Waals surface area contributed by atoms with E-state index in [-0.39, 0.29) is 5.63 Å². The third kappa shape index (κ3) is 2.01. The van der Waals surface area contributed by atoms with Crippen LogP contribution in [-0.4, -0.2) is 9.55 Å². The summed E-state index contributed by atoms with van der Waals surface area (Å²) in [6, 6.07) is 13.5. The van der Waals surface area contributed by atoms with Crippen LogP contribution in [0.25, 0.3) is 21.7 Å². The highest BCUT2D eigenvalue weighted by molar-refractivity contribution is 6.07. The molecule has 0 radical (unpaired) electrons. The van der Waals surface area contributed by atoms with Crippen molar-refractivity contribution in [3.05, 3.63) is 77.2 Å². The number of benzene rings is 2. The number of hydrogen-bond donors (Lipinski definition) is 0. The molecule has 4 heteroatoms. The van der Waals surface area contributed by atoms with E-state index in [4.69, 9.17) is 4.42 Å². The molecule has 4 rings (SSSR count). The van der Waals surface area contributed by atoms with E-state index in [0.717, 1.165) is 21.7 Å². The minimum absolute atomic E-state index is 0.326. The first kappa shape index (κ1) is 11.9. The normalized spacial score (nSPS) is 11.2. The van der Waals surface area contributed by atoms with Gasteiger partial charge in [-0.15, -0.1) is 0 Å². The van der Waals surface area contributed by atoms with Gasteiger partial charge in [-0.25, -0.2) is 9.78 Å². The number of rotatable bonds is 2. The van der Waals surface area contributed by atoms with E-state index in [9.17, 15) is 4.79 Å². The van der Waals surface area contributed by atoms with E-state index in [1.807, 2.05) is 35.0 Å². The maximum atomic E-state index is 11.8. The van der Waals surface area contributed by atoms with E-state index in [2.05, 4.69) is 17.1 Å². The molecule has 0 spiro atoms. The van der Waals surface area contributed by atoms with E-state index >= 15 is 0 Å². The lowest BCUT2D eigenvalue weighted by molar-refractivity contribution is 0.558. The van der Waals surface area contributed by atoms with Gasteiger partial charge < -0.3 is 8.98 Å². The summed E-state index contributed by atoms with van der Waals surface area (Å²) in [4.78, 5) is 15.8. The molecule has 2 heterocycles. The second kappa shape index (κ2) is 4.59. The zero-order valence-corrected chi connectivity index (χ0v) is 11.2. The quantitative estimate of drug-likeness (QED) is 0.417. The Morgan fingerprint density at radius 3 is 2.90 bits per heavy atom. The lowest BCUT2D eigenvalue weighted by Crippen LogP contribution is -2.04. The molecule has 0 saturated heterocycles. The van der Waals surface area contributed by atoms with Crippen LogP contribution in [-0.2, 0) is 6.54 Å². The van der Waals surface area contributed by atoms with E-state index in [0.29, 0.717) is 12.1 Å². The van der Waals surface area contributed by atoms with Gasteiger partial charge in [0.05, 0.1) is 6.33 Å². The molecular weight excluding hydrogens is 264 g/mol. The highest BCUT2D eigenvalue weighted by Gasteiger charge is 2.09. The average molecular weight is 276 g/mol. The summed E-state index contributed by atoms with van der Waals surface area (Å²) in [5, 5.41) is 3.21. The van der Waals surface area contributed by atoms with Gasteiger partial charge in [-0.1, -0.05) is 30.3 Å². The van der Waals surface area contributed by atoms with Gasteiger partial charge in [-0.05, 0) is 22.4 Å². The Morgan fingerprint density at radius 1 is 1.14 bits per heavy atom. The SMILES string of the molecule is O=c1cc(Cn2ccnc2)c2c(ccc3ccccc32)o1. The summed E-state index contributed by atoms with van der Waals surface area (Å²) in [6.07, 6.45) is 5.35. The molecule has 0 unspecified atom stereocenters. The Kier molecular flexibility index (Phi) is 2.60. The molecule has 0 atom stereocenters. The largest absolute Gasteiger partial charge is 0.423 e. The molecule has 0 N–H and O–H groups in total. The summed E-state index contributed by atoms with van der Waals surface area (Å²) < 4.78 is 7.29. The lowest BCUT2D eigenvalue weighted by Gasteiger charge is -2.09. The van der Waals surface area contributed by atoms with Crippen LogP contribution in [0.4, 0.5) is 0 Å². The number of hydrogen-bond acceptors (Lipinski definition) is 3. The Morgan fingerprint density at radius 2 is 2.05 bits per heavy atom. The fourth-order valence-electron chi connectivity index (χ4n) is 2.72. The summed E-state index contributed by atoms with van der Waals surface area (Å²) in [5.74, 6) is 0. The number of imidazole rings is 1. The maximum absolute atomic E-state index is 11.8. The van der Waals surface area contributed by atoms with E-state index in [1.165, 1.54) is 0 Å². The lowest BCUT2D eigenvalue weighted by atomic mass is 10.0. The topological polar surface area (TPSA) is 48.0 Å². The summed E-state index contributed by atoms with van der Waals surface area (Å²) in [7, 11) is 0. The van der Waals surface area contributed by atoms with Crippen molar-refractivity contribution in [2.24, 2.45) is 0 Å². The first-order valence-corrected chi connectivity index (χ1v) is 6.71. The molecule has 0 aliphatic heterocycles. The summed E-state index contributed by atoms with van der Waals surface area (Å²) in [5.41, 5.74) is 1.24. The van der Waals surface area contributed by atoms with Gasteiger partial charge in [-0.2, -0.15) is 0 Å². The molecule has 2 aromatic carbocycles. The number of nitrogens with zero attached hydrogens (tertiary/aromatic N) is 2. The van der Waals surface area contributed by atoms with Crippen LogP contribution in [0.1, 0.15) is 5.56 Å². The van der Waals surface area contributed by atoms with Crippen molar-refractivity contribution >= 4 is 21.7 Å². The van der Waals surface area contributed by atoms with Gasteiger partial charge in [0.25, 0.3) is 0 Å². The Bertz CT molecular complexity index is 985. The van der Waals surface area contributed by atoms with Gasteiger partial charge in [-0.3, -0.25) is 0 Å². The first-order valence-electron chi connectivity index (χ1n) is 6.71. The van der Waals surface area contributed by atoms with Crippen LogP contribution in [0.2, 0.25) is 0 Å². The van der Waals surface area contributed by atoms with Crippen LogP contribution in [0.15, 0.2) is 70.4 Å². The predicted molar refractivity (Wildman–Crippen MR) is 81.3 cm³/mol. The van der Waals surface area contributed by atoms with Crippen molar-refractivity contribution in [1.82, 2.24) is 9.55 Å². The molecule has 0 bridgehead atoms. The third-order valence-electron chi connectivity index (χ3n) is 3.63. The van der Waals surface area contributed by atoms with Crippen LogP contribution in [0.5, 0.6) is 0 Å². The predicted octanol–water partition coefficient (Wildman–Crippen LogP) is 3.19. The molecule has 21 heavy (non-hydrogen) atoms. The van der Waals surface area contributed by atoms with Crippen LogP contribution >= 0.6 is 0 Å². The molecule has 0 aliphatic rings. The smallest absolute Gasteiger partial charge is 0.336 e. The molecule has 102 valence electrons. The molecule has 4 aromatic rings. The monoisotopic (exact) mass is 276 g/mol. The van der Waals surface area contributed by atoms with Gasteiger partial charge in [0.15, 0.2) is 0 Å². The molecule has 0 saturated carbocycles. The zero-order valence-electron chi connectivity index (χ0n) is 11.2. The fourth-order valence-corrected chi connectivity index (χ4v) is 2.72. The molecule has 4 nitrogen and oxygen atoms in total. The standard InChI is InChI=1S/C17H12N2O2/c20-16-9-13(10-19-8-7-18-11-19)17-14-4-2-1-3-12(14)5-6-15(17)21-16/h1-9,11H,10H2. The maximum Gasteiger partial charge on any atom is 0.336 e. The van der Waals surface area contributed by atoms with Crippen molar-refractivity contribution in [3.63, 3.8) is 0 Å². The highest BCUT2D eigenvalue weighted by Crippen LogP contribution is 2.27. The fraction of sp³-hybridized carbons (Fsp3) is 0.0588. The molecule has 0 fully saturated rings. The zero-order chi connectivity index (χ0) is 14.2. The van der Waals surface area contributed by atoms with Gasteiger partial charge in [0.1, 0.15) is 5.58 Å². The number of aromatic nitrogens is 2. The highest BCUT2D eigenvalue weighted by atomic mass is 16.4. The molecule has 2 aromatic heterocycles. The van der Waals surface area contributed by atoms with Gasteiger partial charge >= 0.3 is 5.63 Å². The van der Waals surface area contributed by atoms with Crippen LogP contribution < -0.4 is 5.63 Å². The molecular formula is C17H12N2O2. The minimum Gasteiger partial charge on any atom is -0.423 e. The van der Waals surface area contributed by atoms with E-state index < -0.39 is 0 Å². The van der Waals surface area contributed by atoms with Gasteiger partial charge in [0.2, 0.25) is 0 Å². The van der Waals surface area contributed by atoms with Crippen LogP contribution in [0, 0.1) is 0 Å². The average Bonchev–Trinajstić information content (AvgIpc) is 2.99. The second-order valence-electron chi connectivity index (χ2n) is 4.99. The van der Waals surface area contributed by atoms with E-state index in [1.54, 1.807) is 18.6 Å². The Balaban J connectivity index is 2.07. The number of fused-ring (bicyclic) bond motifs is 3. The van der Waals surface area contributed by atoms with Crippen molar-refractivity contribution in [3.8, 4) is 0 Å². The Labute approximate surface area is 120 Å². The molecule has 0 aliphatic carbocycles. The van der Waals surface area contributed by atoms with Crippen molar-refractivity contribution in [2.45, 2.75) is 6.54 Å².